The highest BCUT2D eigenvalue weighted by atomic mass is 16.2. The molecule has 1 atom stereocenters. The van der Waals surface area contributed by atoms with Crippen LogP contribution in [-0.4, -0.2) is 51.9 Å². The number of piperazine rings is 1. The van der Waals surface area contributed by atoms with Gasteiger partial charge in [0.15, 0.2) is 0 Å². The molecule has 1 aliphatic heterocycles. The molecule has 1 fully saturated rings. The van der Waals surface area contributed by atoms with E-state index in [0.717, 1.165) is 48.3 Å². The summed E-state index contributed by atoms with van der Waals surface area (Å²) in [5, 5.41) is 0.997. The number of carbonyl (C=O) groups is 1. The predicted molar refractivity (Wildman–Crippen MR) is 98.4 cm³/mol. The van der Waals surface area contributed by atoms with Crippen LogP contribution in [0.15, 0.2) is 54.9 Å². The molecule has 1 N–H and O–H groups in total. The van der Waals surface area contributed by atoms with Gasteiger partial charge in [0.2, 0.25) is 0 Å². The molecule has 0 aliphatic carbocycles. The molecule has 0 saturated carbocycles. The summed E-state index contributed by atoms with van der Waals surface area (Å²) in [6, 6.07) is 14.1. The molecule has 1 aliphatic rings. The molecule has 25 heavy (non-hydrogen) atoms. The van der Waals surface area contributed by atoms with Crippen LogP contribution < -0.4 is 0 Å². The van der Waals surface area contributed by atoms with E-state index in [1.807, 2.05) is 53.7 Å². The lowest BCUT2D eigenvalue weighted by atomic mass is 10.1. The quantitative estimate of drug-likeness (QED) is 0.801. The molecule has 3 aromatic rings. The molecule has 3 heterocycles. The van der Waals surface area contributed by atoms with E-state index in [-0.39, 0.29) is 11.9 Å². The second kappa shape index (κ2) is 6.69. The number of aromatic amines is 1. The zero-order valence-corrected chi connectivity index (χ0v) is 14.4. The molecule has 4 rings (SSSR count). The Morgan fingerprint density at radius 2 is 1.92 bits per heavy atom. The van der Waals surface area contributed by atoms with Crippen LogP contribution in [0, 0.1) is 0 Å². The lowest BCUT2D eigenvalue weighted by molar-refractivity contribution is 0.0581. The number of hydrogen-bond donors (Lipinski definition) is 1. The van der Waals surface area contributed by atoms with Crippen LogP contribution in [0.25, 0.3) is 10.9 Å². The van der Waals surface area contributed by atoms with Crippen LogP contribution in [0.3, 0.4) is 0 Å². The summed E-state index contributed by atoms with van der Waals surface area (Å²) in [5.74, 6) is 0.121. The van der Waals surface area contributed by atoms with Crippen molar-refractivity contribution in [2.75, 3.05) is 26.2 Å². The third-order valence-corrected chi connectivity index (χ3v) is 5.09. The van der Waals surface area contributed by atoms with Gasteiger partial charge in [-0.25, -0.2) is 0 Å². The topological polar surface area (TPSA) is 52.2 Å². The third-order valence-electron chi connectivity index (χ3n) is 5.09. The number of hydrogen-bond acceptors (Lipinski definition) is 3. The standard InChI is InChI=1S/C20H22N4O/c1-15(18-6-2-3-9-21-18)23-11-13-24(14-12-23)20(25)17-5-4-7-19-16(17)8-10-22-19/h2-10,15,22H,11-14H2,1H3/t15-/m1/s1. The number of amides is 1. The van der Waals surface area contributed by atoms with Crippen LogP contribution in [-0.2, 0) is 0 Å². The van der Waals surface area contributed by atoms with Gasteiger partial charge in [-0.1, -0.05) is 12.1 Å². The van der Waals surface area contributed by atoms with Crippen LogP contribution in [0.1, 0.15) is 29.0 Å². The maximum absolute atomic E-state index is 12.9. The second-order valence-electron chi connectivity index (χ2n) is 6.50. The number of H-pyrrole nitrogens is 1. The van der Waals surface area contributed by atoms with E-state index >= 15 is 0 Å². The summed E-state index contributed by atoms with van der Waals surface area (Å²) in [6.45, 7) is 5.41. The highest BCUT2D eigenvalue weighted by Gasteiger charge is 2.26. The third kappa shape index (κ3) is 3.03. The molecular weight excluding hydrogens is 312 g/mol. The van der Waals surface area contributed by atoms with Crippen LogP contribution >= 0.6 is 0 Å². The molecule has 2 aromatic heterocycles. The molecule has 128 valence electrons. The van der Waals surface area contributed by atoms with Gasteiger partial charge in [-0.2, -0.15) is 0 Å². The number of nitrogens with zero attached hydrogens (tertiary/aromatic N) is 3. The van der Waals surface area contributed by atoms with Gasteiger partial charge >= 0.3 is 0 Å². The van der Waals surface area contributed by atoms with E-state index in [9.17, 15) is 4.79 Å². The Labute approximate surface area is 147 Å². The van der Waals surface area contributed by atoms with Gasteiger partial charge in [0.1, 0.15) is 0 Å². The molecular formula is C20H22N4O. The Bertz CT molecular complexity index is 866. The fourth-order valence-electron chi connectivity index (χ4n) is 3.56. The number of pyridine rings is 1. The highest BCUT2D eigenvalue weighted by Crippen LogP contribution is 2.22. The van der Waals surface area contributed by atoms with Crippen molar-refractivity contribution in [3.63, 3.8) is 0 Å². The fourth-order valence-corrected chi connectivity index (χ4v) is 3.56. The first-order valence-corrected chi connectivity index (χ1v) is 8.74. The van der Waals surface area contributed by atoms with Crippen molar-refractivity contribution in [2.24, 2.45) is 0 Å². The number of fused-ring (bicyclic) bond motifs is 1. The van der Waals surface area contributed by atoms with Gasteiger partial charge in [0.05, 0.1) is 5.69 Å². The van der Waals surface area contributed by atoms with E-state index in [0.29, 0.717) is 0 Å². The maximum Gasteiger partial charge on any atom is 0.254 e. The zero-order valence-electron chi connectivity index (χ0n) is 14.4. The number of benzene rings is 1. The predicted octanol–water partition coefficient (Wildman–Crippen LogP) is 3.08. The number of carbonyl (C=O) groups excluding carboxylic acids is 1. The van der Waals surface area contributed by atoms with Crippen molar-refractivity contribution in [1.29, 1.82) is 0 Å². The van der Waals surface area contributed by atoms with E-state index in [1.165, 1.54) is 0 Å². The van der Waals surface area contributed by atoms with E-state index < -0.39 is 0 Å². The Balaban J connectivity index is 1.45. The second-order valence-corrected chi connectivity index (χ2v) is 6.50. The lowest BCUT2D eigenvalue weighted by Crippen LogP contribution is -2.49. The average Bonchev–Trinajstić information content (AvgIpc) is 3.16. The van der Waals surface area contributed by atoms with Gasteiger partial charge < -0.3 is 9.88 Å². The summed E-state index contributed by atoms with van der Waals surface area (Å²) in [5.41, 5.74) is 2.87. The summed E-state index contributed by atoms with van der Waals surface area (Å²) in [6.07, 6.45) is 3.72. The number of nitrogens with one attached hydrogen (secondary N) is 1. The van der Waals surface area contributed by atoms with Gasteiger partial charge in [-0.05, 0) is 37.3 Å². The largest absolute Gasteiger partial charge is 0.361 e. The summed E-state index contributed by atoms with van der Waals surface area (Å²) >= 11 is 0. The van der Waals surface area contributed by atoms with E-state index in [4.69, 9.17) is 0 Å². The van der Waals surface area contributed by atoms with Crippen LogP contribution in [0.4, 0.5) is 0 Å². The number of rotatable bonds is 3. The Hall–Kier alpha value is -2.66. The maximum atomic E-state index is 12.9. The van der Waals surface area contributed by atoms with Crippen molar-refractivity contribution in [3.05, 3.63) is 66.1 Å². The Kier molecular flexibility index (Phi) is 4.24. The summed E-state index contributed by atoms with van der Waals surface area (Å²) in [7, 11) is 0. The first kappa shape index (κ1) is 15.8. The molecule has 1 saturated heterocycles. The van der Waals surface area contributed by atoms with Crippen LogP contribution in [0.2, 0.25) is 0 Å². The monoisotopic (exact) mass is 334 g/mol. The van der Waals surface area contributed by atoms with Gasteiger partial charge in [-0.3, -0.25) is 14.7 Å². The van der Waals surface area contributed by atoms with Crippen molar-refractivity contribution in [3.8, 4) is 0 Å². The van der Waals surface area contributed by atoms with Gasteiger partial charge in [-0.15, -0.1) is 0 Å². The minimum absolute atomic E-state index is 0.121. The molecule has 0 unspecified atom stereocenters. The average molecular weight is 334 g/mol. The Morgan fingerprint density at radius 3 is 2.68 bits per heavy atom. The van der Waals surface area contributed by atoms with E-state index in [2.05, 4.69) is 27.9 Å². The van der Waals surface area contributed by atoms with Gasteiger partial charge in [0, 0.05) is 61.1 Å². The van der Waals surface area contributed by atoms with Crippen molar-refractivity contribution in [1.82, 2.24) is 19.8 Å². The highest BCUT2D eigenvalue weighted by molar-refractivity contribution is 6.06. The summed E-state index contributed by atoms with van der Waals surface area (Å²) in [4.78, 5) is 24.9. The molecule has 5 nitrogen and oxygen atoms in total. The molecule has 0 radical (unpaired) electrons. The minimum Gasteiger partial charge on any atom is -0.361 e. The molecule has 0 bridgehead atoms. The lowest BCUT2D eigenvalue weighted by Gasteiger charge is -2.38. The zero-order chi connectivity index (χ0) is 17.2. The molecule has 5 heteroatoms. The minimum atomic E-state index is 0.121. The molecule has 1 amide bonds. The normalized spacial score (nSPS) is 16.9. The van der Waals surface area contributed by atoms with Crippen molar-refractivity contribution >= 4 is 16.8 Å². The molecule has 1 aromatic carbocycles. The van der Waals surface area contributed by atoms with Gasteiger partial charge in [0.25, 0.3) is 5.91 Å². The van der Waals surface area contributed by atoms with Crippen molar-refractivity contribution in [2.45, 2.75) is 13.0 Å². The first-order valence-electron chi connectivity index (χ1n) is 8.74. The smallest absolute Gasteiger partial charge is 0.254 e. The molecule has 0 spiro atoms. The SMILES string of the molecule is C[C@H](c1ccccn1)N1CCN(C(=O)c2cccc3[nH]ccc23)CC1. The van der Waals surface area contributed by atoms with E-state index in [1.54, 1.807) is 0 Å². The fraction of sp³-hybridized carbons (Fsp3) is 0.300. The summed E-state index contributed by atoms with van der Waals surface area (Å²) < 4.78 is 0. The number of aromatic nitrogens is 2. The first-order chi connectivity index (χ1) is 12.2. The van der Waals surface area contributed by atoms with Crippen LogP contribution in [0.5, 0.6) is 0 Å². The Morgan fingerprint density at radius 1 is 1.08 bits per heavy atom. The van der Waals surface area contributed by atoms with Crippen molar-refractivity contribution < 1.29 is 4.79 Å².